The van der Waals surface area contributed by atoms with E-state index in [1.165, 1.54) is 7.05 Å². The first kappa shape index (κ1) is 23.3. The lowest BCUT2D eigenvalue weighted by molar-refractivity contribution is 0.0947. The molecule has 3 aromatic carbocycles. The smallest absolute Gasteiger partial charge is 0.264 e. The lowest BCUT2D eigenvalue weighted by Crippen LogP contribution is -2.32. The Balaban J connectivity index is 1.70. The molecule has 168 valence electrons. The van der Waals surface area contributed by atoms with Gasteiger partial charge in [0.25, 0.3) is 15.9 Å². The van der Waals surface area contributed by atoms with Crippen LogP contribution in [0.15, 0.2) is 71.6 Å². The molecule has 7 heteroatoms. The van der Waals surface area contributed by atoms with Crippen molar-refractivity contribution in [2.45, 2.75) is 25.7 Å². The zero-order valence-corrected chi connectivity index (χ0v) is 19.6. The average molecular weight is 453 g/mol. The molecule has 3 aromatic rings. The molecule has 0 atom stereocenters. The normalized spacial score (nSPS) is 11.1. The maximum Gasteiger partial charge on any atom is 0.264 e. The van der Waals surface area contributed by atoms with Gasteiger partial charge < -0.3 is 10.1 Å². The van der Waals surface area contributed by atoms with E-state index in [1.807, 2.05) is 39.0 Å². The van der Waals surface area contributed by atoms with E-state index in [-0.39, 0.29) is 22.9 Å². The summed E-state index contributed by atoms with van der Waals surface area (Å²) in [5, 5.41) is 2.81. The molecule has 6 nitrogen and oxygen atoms in total. The number of amides is 1. The molecule has 1 amide bonds. The predicted molar refractivity (Wildman–Crippen MR) is 127 cm³/mol. The van der Waals surface area contributed by atoms with Crippen molar-refractivity contribution < 1.29 is 17.9 Å². The molecule has 0 aromatic heterocycles. The van der Waals surface area contributed by atoms with Gasteiger partial charge in [0.15, 0.2) is 0 Å². The minimum absolute atomic E-state index is 0.169. The summed E-state index contributed by atoms with van der Waals surface area (Å²) in [6.07, 6.45) is 0. The second kappa shape index (κ2) is 9.87. The summed E-state index contributed by atoms with van der Waals surface area (Å²) >= 11 is 0. The molecule has 0 aliphatic carbocycles. The van der Waals surface area contributed by atoms with Gasteiger partial charge in [-0.2, -0.15) is 0 Å². The molecular weight excluding hydrogens is 424 g/mol. The highest BCUT2D eigenvalue weighted by molar-refractivity contribution is 7.92. The number of ether oxygens (including phenoxy) is 1. The van der Waals surface area contributed by atoms with Crippen LogP contribution in [-0.4, -0.2) is 34.5 Å². The van der Waals surface area contributed by atoms with Crippen LogP contribution in [0, 0.1) is 20.8 Å². The summed E-state index contributed by atoms with van der Waals surface area (Å²) in [4.78, 5) is 13.0. The van der Waals surface area contributed by atoms with Crippen LogP contribution in [0.2, 0.25) is 0 Å². The zero-order valence-electron chi connectivity index (χ0n) is 18.8. The van der Waals surface area contributed by atoms with Gasteiger partial charge in [0.1, 0.15) is 12.4 Å². The SMILES string of the molecule is Cc1ccc(S(=O)(=O)N(C)c2ccccc2C(=O)NCCOc2cccc(C)c2C)cc1. The van der Waals surface area contributed by atoms with Gasteiger partial charge in [0, 0.05) is 7.05 Å². The van der Waals surface area contributed by atoms with Crippen molar-refractivity contribution in [3.8, 4) is 5.75 Å². The lowest BCUT2D eigenvalue weighted by Gasteiger charge is -2.22. The lowest BCUT2D eigenvalue weighted by atomic mass is 10.1. The number of rotatable bonds is 8. The van der Waals surface area contributed by atoms with Gasteiger partial charge in [0.05, 0.1) is 22.7 Å². The van der Waals surface area contributed by atoms with Crippen LogP contribution < -0.4 is 14.4 Å². The minimum atomic E-state index is -3.81. The molecule has 0 aliphatic heterocycles. The van der Waals surface area contributed by atoms with E-state index in [4.69, 9.17) is 4.74 Å². The first-order valence-electron chi connectivity index (χ1n) is 10.3. The Morgan fingerprint density at radius 2 is 1.62 bits per heavy atom. The number of hydrogen-bond acceptors (Lipinski definition) is 4. The summed E-state index contributed by atoms with van der Waals surface area (Å²) in [6, 6.07) is 19.1. The molecule has 0 spiro atoms. The quantitative estimate of drug-likeness (QED) is 0.519. The van der Waals surface area contributed by atoms with Gasteiger partial charge in [-0.05, 0) is 62.2 Å². The molecule has 0 unspecified atom stereocenters. The molecule has 0 radical (unpaired) electrons. The zero-order chi connectivity index (χ0) is 23.3. The summed E-state index contributed by atoms with van der Waals surface area (Å²) in [5.74, 6) is 0.416. The fraction of sp³-hybridized carbons (Fsp3) is 0.240. The highest BCUT2D eigenvalue weighted by atomic mass is 32.2. The molecule has 0 saturated heterocycles. The number of nitrogens with zero attached hydrogens (tertiary/aromatic N) is 1. The van der Waals surface area contributed by atoms with Crippen molar-refractivity contribution in [2.75, 3.05) is 24.5 Å². The van der Waals surface area contributed by atoms with Crippen LogP contribution in [0.25, 0.3) is 0 Å². The van der Waals surface area contributed by atoms with Crippen LogP contribution in [0.4, 0.5) is 5.69 Å². The van der Waals surface area contributed by atoms with Crippen LogP contribution in [-0.2, 0) is 10.0 Å². The van der Waals surface area contributed by atoms with Gasteiger partial charge in [-0.1, -0.05) is 42.0 Å². The number of hydrogen-bond donors (Lipinski definition) is 1. The summed E-state index contributed by atoms with van der Waals surface area (Å²) in [7, 11) is -2.36. The Hall–Kier alpha value is -3.32. The van der Waals surface area contributed by atoms with Crippen LogP contribution in [0.5, 0.6) is 5.75 Å². The van der Waals surface area contributed by atoms with Gasteiger partial charge in [0.2, 0.25) is 0 Å². The molecule has 0 fully saturated rings. The van der Waals surface area contributed by atoms with E-state index in [1.54, 1.807) is 48.5 Å². The largest absolute Gasteiger partial charge is 0.491 e. The molecule has 32 heavy (non-hydrogen) atoms. The Bertz CT molecular complexity index is 1200. The van der Waals surface area contributed by atoms with Crippen LogP contribution >= 0.6 is 0 Å². The topological polar surface area (TPSA) is 75.7 Å². The predicted octanol–water partition coefficient (Wildman–Crippen LogP) is 4.25. The molecule has 0 saturated carbocycles. The molecule has 0 bridgehead atoms. The van der Waals surface area contributed by atoms with Gasteiger partial charge in [-0.25, -0.2) is 8.42 Å². The Labute approximate surface area is 189 Å². The van der Waals surface area contributed by atoms with Gasteiger partial charge in [-0.15, -0.1) is 0 Å². The van der Waals surface area contributed by atoms with E-state index in [9.17, 15) is 13.2 Å². The molecule has 0 heterocycles. The van der Waals surface area contributed by atoms with E-state index in [0.717, 1.165) is 26.7 Å². The first-order valence-corrected chi connectivity index (χ1v) is 11.8. The van der Waals surface area contributed by atoms with Crippen molar-refractivity contribution in [1.82, 2.24) is 5.32 Å². The van der Waals surface area contributed by atoms with Crippen molar-refractivity contribution in [2.24, 2.45) is 0 Å². The van der Waals surface area contributed by atoms with Gasteiger partial charge >= 0.3 is 0 Å². The Kier molecular flexibility index (Phi) is 7.20. The van der Waals surface area contributed by atoms with Crippen molar-refractivity contribution in [3.05, 3.63) is 89.0 Å². The maximum atomic E-state index is 13.1. The van der Waals surface area contributed by atoms with E-state index >= 15 is 0 Å². The van der Waals surface area contributed by atoms with Crippen LogP contribution in [0.3, 0.4) is 0 Å². The average Bonchev–Trinajstić information content (AvgIpc) is 2.79. The third kappa shape index (κ3) is 5.11. The second-order valence-electron chi connectivity index (χ2n) is 7.61. The highest BCUT2D eigenvalue weighted by Gasteiger charge is 2.24. The summed E-state index contributed by atoms with van der Waals surface area (Å²) in [6.45, 7) is 6.49. The number of aryl methyl sites for hydroxylation is 2. The molecule has 1 N–H and O–H groups in total. The number of anilines is 1. The number of carbonyl (C=O) groups is 1. The minimum Gasteiger partial charge on any atom is -0.491 e. The monoisotopic (exact) mass is 452 g/mol. The fourth-order valence-corrected chi connectivity index (χ4v) is 4.45. The third-order valence-electron chi connectivity index (χ3n) is 5.37. The van der Waals surface area contributed by atoms with E-state index in [0.29, 0.717) is 12.3 Å². The standard InChI is InChI=1S/C25H28N2O4S/c1-18-12-14-21(15-13-18)32(29,30)27(4)23-10-6-5-9-22(23)25(28)26-16-17-31-24-11-7-8-19(2)20(24)3/h5-15H,16-17H2,1-4H3,(H,26,28). The Morgan fingerprint density at radius 1 is 0.938 bits per heavy atom. The maximum absolute atomic E-state index is 13.1. The summed E-state index contributed by atoms with van der Waals surface area (Å²) in [5.41, 5.74) is 3.75. The molecule has 0 aliphatic rings. The summed E-state index contributed by atoms with van der Waals surface area (Å²) < 4.78 is 33.1. The Morgan fingerprint density at radius 3 is 2.34 bits per heavy atom. The number of carbonyl (C=O) groups excluding carboxylic acids is 1. The van der Waals surface area contributed by atoms with Crippen molar-refractivity contribution in [1.29, 1.82) is 0 Å². The van der Waals surface area contributed by atoms with E-state index in [2.05, 4.69) is 5.32 Å². The van der Waals surface area contributed by atoms with E-state index < -0.39 is 10.0 Å². The number of nitrogens with one attached hydrogen (secondary N) is 1. The van der Waals surface area contributed by atoms with Crippen molar-refractivity contribution in [3.63, 3.8) is 0 Å². The third-order valence-corrected chi connectivity index (χ3v) is 7.15. The molecular formula is C25H28N2O4S. The fourth-order valence-electron chi connectivity index (χ4n) is 3.24. The van der Waals surface area contributed by atoms with Crippen LogP contribution in [0.1, 0.15) is 27.0 Å². The number of sulfonamides is 1. The molecule has 3 rings (SSSR count). The highest BCUT2D eigenvalue weighted by Crippen LogP contribution is 2.26. The van der Waals surface area contributed by atoms with Gasteiger partial charge in [-0.3, -0.25) is 9.10 Å². The second-order valence-corrected chi connectivity index (χ2v) is 9.57. The number of para-hydroxylation sites is 1. The first-order chi connectivity index (χ1) is 15.2. The number of benzene rings is 3. The van der Waals surface area contributed by atoms with Crippen molar-refractivity contribution >= 4 is 21.6 Å².